The molecule has 1 spiro atoms. The van der Waals surface area contributed by atoms with Gasteiger partial charge in [0, 0.05) is 39.4 Å². The fourth-order valence-electron chi connectivity index (χ4n) is 6.33. The van der Waals surface area contributed by atoms with Crippen LogP contribution in [0.3, 0.4) is 0 Å². The maximum Gasteiger partial charge on any atom is 0.200 e. The average Bonchev–Trinajstić information content (AvgIpc) is 2.71. The molecule has 6 nitrogen and oxygen atoms in total. The molecule has 0 radical (unpaired) electrons. The molecule has 0 aromatic heterocycles. The van der Waals surface area contributed by atoms with Gasteiger partial charge in [-0.1, -0.05) is 62.3 Å². The SMILES string of the molecule is CO[C@H]1C[C@@H](CCO[Si](C)(C)C(C)(C)C)O[C@]2(C[C@@H](O)C[C@@H](CO[Si](C(C)C)(C(C)C)C(C)C)O2)C1. The van der Waals surface area contributed by atoms with E-state index >= 15 is 0 Å². The van der Waals surface area contributed by atoms with Crippen LogP contribution in [0.4, 0.5) is 0 Å². The van der Waals surface area contributed by atoms with Gasteiger partial charge >= 0.3 is 0 Å². The zero-order valence-corrected chi connectivity index (χ0v) is 27.5. The van der Waals surface area contributed by atoms with E-state index in [1.807, 2.05) is 0 Å². The zero-order chi connectivity index (χ0) is 27.5. The van der Waals surface area contributed by atoms with E-state index in [4.69, 9.17) is 23.1 Å². The number of hydrogen-bond donors (Lipinski definition) is 1. The molecule has 0 unspecified atom stereocenters. The largest absolute Gasteiger partial charge is 0.417 e. The molecular formula is C28H58O6Si2. The van der Waals surface area contributed by atoms with Gasteiger partial charge < -0.3 is 28.2 Å². The maximum atomic E-state index is 10.9. The Labute approximate surface area is 224 Å². The van der Waals surface area contributed by atoms with Crippen LogP contribution in [0.15, 0.2) is 0 Å². The van der Waals surface area contributed by atoms with Gasteiger partial charge in [-0.2, -0.15) is 0 Å². The molecule has 0 aromatic carbocycles. The van der Waals surface area contributed by atoms with Gasteiger partial charge in [0.05, 0.1) is 31.0 Å². The number of rotatable bonds is 11. The monoisotopic (exact) mass is 546 g/mol. The molecule has 0 bridgehead atoms. The Morgan fingerprint density at radius 2 is 1.44 bits per heavy atom. The first-order valence-corrected chi connectivity index (χ1v) is 19.4. The normalized spacial score (nSPS) is 30.7. The van der Waals surface area contributed by atoms with Gasteiger partial charge in [-0.15, -0.1) is 0 Å². The Bertz CT molecular complexity index is 656. The van der Waals surface area contributed by atoms with Crippen molar-refractivity contribution >= 4 is 16.6 Å². The second kappa shape index (κ2) is 12.6. The van der Waals surface area contributed by atoms with Crippen LogP contribution in [0.5, 0.6) is 0 Å². The molecule has 2 aliphatic heterocycles. The van der Waals surface area contributed by atoms with Crippen LogP contribution >= 0.6 is 0 Å². The Hall–Kier alpha value is 0.194. The summed E-state index contributed by atoms with van der Waals surface area (Å²) in [6.45, 7) is 26.4. The van der Waals surface area contributed by atoms with Crippen LogP contribution in [0, 0.1) is 0 Å². The van der Waals surface area contributed by atoms with Crippen LogP contribution in [-0.2, 0) is 23.1 Å². The van der Waals surface area contributed by atoms with Crippen molar-refractivity contribution < 1.29 is 28.2 Å². The van der Waals surface area contributed by atoms with Gasteiger partial charge in [0.2, 0.25) is 0 Å². The van der Waals surface area contributed by atoms with E-state index in [2.05, 4.69) is 75.4 Å². The summed E-state index contributed by atoms with van der Waals surface area (Å²) in [5.41, 5.74) is 1.53. The van der Waals surface area contributed by atoms with E-state index in [9.17, 15) is 5.11 Å². The number of hydrogen-bond acceptors (Lipinski definition) is 6. The molecule has 0 amide bonds. The highest BCUT2D eigenvalue weighted by Crippen LogP contribution is 2.45. The fraction of sp³-hybridized carbons (Fsp3) is 1.00. The van der Waals surface area contributed by atoms with Crippen molar-refractivity contribution in [2.24, 2.45) is 0 Å². The van der Waals surface area contributed by atoms with Crippen LogP contribution in [0.25, 0.3) is 0 Å². The van der Waals surface area contributed by atoms with Crippen molar-refractivity contribution in [2.75, 3.05) is 20.3 Å². The minimum absolute atomic E-state index is 0.0178. The molecule has 0 saturated carbocycles. The average molecular weight is 547 g/mol. The molecule has 8 heteroatoms. The van der Waals surface area contributed by atoms with Crippen molar-refractivity contribution in [3.05, 3.63) is 0 Å². The lowest BCUT2D eigenvalue weighted by Crippen LogP contribution is -2.57. The van der Waals surface area contributed by atoms with Crippen molar-refractivity contribution in [3.63, 3.8) is 0 Å². The van der Waals surface area contributed by atoms with Crippen molar-refractivity contribution in [1.82, 2.24) is 0 Å². The van der Waals surface area contributed by atoms with Gasteiger partial charge in [-0.25, -0.2) is 0 Å². The van der Waals surface area contributed by atoms with Crippen LogP contribution in [0.1, 0.15) is 94.4 Å². The molecule has 2 saturated heterocycles. The van der Waals surface area contributed by atoms with E-state index in [0.717, 1.165) is 12.8 Å². The Kier molecular flexibility index (Phi) is 11.3. The smallest absolute Gasteiger partial charge is 0.200 e. The third-order valence-electron chi connectivity index (χ3n) is 9.18. The number of ether oxygens (including phenoxy) is 3. The molecule has 2 fully saturated rings. The first-order chi connectivity index (χ1) is 16.5. The highest BCUT2D eigenvalue weighted by molar-refractivity contribution is 6.77. The van der Waals surface area contributed by atoms with Gasteiger partial charge in [0.25, 0.3) is 0 Å². The molecule has 5 atom stereocenters. The van der Waals surface area contributed by atoms with E-state index in [1.165, 1.54) is 0 Å². The van der Waals surface area contributed by atoms with E-state index in [-0.39, 0.29) is 23.4 Å². The first-order valence-electron chi connectivity index (χ1n) is 14.3. The summed E-state index contributed by atoms with van der Waals surface area (Å²) in [5.74, 6) is -0.829. The Balaban J connectivity index is 2.11. The molecule has 2 rings (SSSR count). The summed E-state index contributed by atoms with van der Waals surface area (Å²) >= 11 is 0. The maximum absolute atomic E-state index is 10.9. The number of methoxy groups -OCH3 is 1. The molecular weight excluding hydrogens is 488 g/mol. The summed E-state index contributed by atoms with van der Waals surface area (Å²) in [6, 6.07) is 0. The second-order valence-electron chi connectivity index (χ2n) is 13.8. The molecule has 1 N–H and O–H groups in total. The van der Waals surface area contributed by atoms with E-state index in [1.54, 1.807) is 7.11 Å². The molecule has 0 aliphatic carbocycles. The highest BCUT2D eigenvalue weighted by Gasteiger charge is 2.50. The lowest BCUT2D eigenvalue weighted by molar-refractivity contribution is -0.342. The Morgan fingerprint density at radius 1 is 0.889 bits per heavy atom. The summed E-state index contributed by atoms with van der Waals surface area (Å²) in [5, 5.41) is 11.1. The number of aliphatic hydroxyl groups excluding tert-OH is 1. The predicted octanol–water partition coefficient (Wildman–Crippen LogP) is 7.02. The molecule has 36 heavy (non-hydrogen) atoms. The summed E-state index contributed by atoms with van der Waals surface area (Å²) in [4.78, 5) is 0. The highest BCUT2D eigenvalue weighted by atomic mass is 28.4. The Morgan fingerprint density at radius 3 is 1.94 bits per heavy atom. The van der Waals surface area contributed by atoms with E-state index in [0.29, 0.717) is 49.1 Å². The summed E-state index contributed by atoms with van der Waals surface area (Å²) < 4.78 is 32.5. The van der Waals surface area contributed by atoms with E-state index < -0.39 is 28.5 Å². The fourth-order valence-corrected chi connectivity index (χ4v) is 12.9. The van der Waals surface area contributed by atoms with Crippen LogP contribution in [0.2, 0.25) is 34.8 Å². The van der Waals surface area contributed by atoms with Crippen molar-refractivity contribution in [3.8, 4) is 0 Å². The quantitative estimate of drug-likeness (QED) is 0.281. The minimum atomic E-state index is -2.02. The first kappa shape index (κ1) is 32.4. The van der Waals surface area contributed by atoms with Crippen molar-refractivity contribution in [2.45, 2.75) is 159 Å². The topological polar surface area (TPSA) is 66.4 Å². The van der Waals surface area contributed by atoms with Crippen LogP contribution in [-0.4, -0.2) is 72.3 Å². The standard InChI is InChI=1S/C28H58O6Si2/c1-20(2)36(21(3)4,22(5)6)32-19-26-15-23(29)17-28(34-26)18-25(30-10)16-24(33-28)13-14-31-35(11,12)27(7,8)9/h20-26,29H,13-19H2,1-12H3/t23-,24+,25-,26-,28-/m0/s1. The number of aliphatic hydroxyl groups is 1. The predicted molar refractivity (Wildman–Crippen MR) is 153 cm³/mol. The second-order valence-corrected chi connectivity index (χ2v) is 24.1. The molecule has 0 aromatic rings. The zero-order valence-electron chi connectivity index (χ0n) is 25.5. The van der Waals surface area contributed by atoms with Crippen molar-refractivity contribution in [1.29, 1.82) is 0 Å². The molecule has 2 aliphatic rings. The van der Waals surface area contributed by atoms with Gasteiger partial charge in [0.1, 0.15) is 0 Å². The van der Waals surface area contributed by atoms with Gasteiger partial charge in [-0.3, -0.25) is 0 Å². The summed E-state index contributed by atoms with van der Waals surface area (Å²) in [6.07, 6.45) is 2.69. The van der Waals surface area contributed by atoms with Gasteiger partial charge in [0.15, 0.2) is 22.4 Å². The van der Waals surface area contributed by atoms with Crippen LogP contribution < -0.4 is 0 Å². The third-order valence-corrected chi connectivity index (χ3v) is 19.8. The molecule has 2 heterocycles. The minimum Gasteiger partial charge on any atom is -0.417 e. The lowest BCUT2D eigenvalue weighted by atomic mass is 9.89. The summed E-state index contributed by atoms with van der Waals surface area (Å²) in [7, 11) is -2.07. The third kappa shape index (κ3) is 7.65. The van der Waals surface area contributed by atoms with Gasteiger partial charge in [-0.05, 0) is 41.2 Å². The molecule has 214 valence electrons. The lowest BCUT2D eigenvalue weighted by Gasteiger charge is -2.50.